The van der Waals surface area contributed by atoms with Crippen LogP contribution < -0.4 is 10.2 Å². The van der Waals surface area contributed by atoms with Crippen LogP contribution in [0, 0.1) is 6.92 Å². The van der Waals surface area contributed by atoms with Gasteiger partial charge < -0.3 is 15.0 Å². The minimum Gasteiger partial charge on any atom is -0.378 e. The number of benzene rings is 1. The summed E-state index contributed by atoms with van der Waals surface area (Å²) in [5.41, 5.74) is 3.77. The van der Waals surface area contributed by atoms with Crippen molar-refractivity contribution >= 4 is 39.6 Å². The topological polar surface area (TPSA) is 79.0 Å². The number of fused-ring (bicyclic) bond motifs is 1. The number of morpholine rings is 1. The molecule has 28 heavy (non-hydrogen) atoms. The van der Waals surface area contributed by atoms with E-state index < -0.39 is 0 Å². The lowest BCUT2D eigenvalue weighted by molar-refractivity contribution is 0.122. The molecule has 1 aromatic carbocycles. The van der Waals surface area contributed by atoms with E-state index in [9.17, 15) is 0 Å². The lowest BCUT2D eigenvalue weighted by Crippen LogP contribution is -2.36. The monoisotopic (exact) mass is 392 g/mol. The summed E-state index contributed by atoms with van der Waals surface area (Å²) in [5, 5.41) is 10.6. The molecular weight excluding hydrogens is 372 g/mol. The second-order valence-corrected chi connectivity index (χ2v) is 8.00. The van der Waals surface area contributed by atoms with Crippen LogP contribution in [0.3, 0.4) is 0 Å². The zero-order valence-corrected chi connectivity index (χ0v) is 16.3. The molecule has 0 amide bonds. The highest BCUT2D eigenvalue weighted by atomic mass is 32.1. The van der Waals surface area contributed by atoms with Gasteiger partial charge in [-0.15, -0.1) is 11.3 Å². The van der Waals surface area contributed by atoms with Crippen molar-refractivity contribution in [1.29, 1.82) is 0 Å². The van der Waals surface area contributed by atoms with Crippen LogP contribution in [0.1, 0.15) is 4.88 Å². The van der Waals surface area contributed by atoms with Crippen LogP contribution in [-0.4, -0.2) is 46.5 Å². The van der Waals surface area contributed by atoms with Gasteiger partial charge in [-0.3, -0.25) is 5.10 Å². The summed E-state index contributed by atoms with van der Waals surface area (Å²) in [6.07, 6.45) is 1.73. The number of nitrogens with zero attached hydrogens (tertiary/aromatic N) is 4. The van der Waals surface area contributed by atoms with Gasteiger partial charge >= 0.3 is 0 Å². The Morgan fingerprint density at radius 1 is 1.07 bits per heavy atom. The van der Waals surface area contributed by atoms with E-state index in [-0.39, 0.29) is 0 Å². The summed E-state index contributed by atoms with van der Waals surface area (Å²) in [5.74, 6) is 1.43. The smallest absolute Gasteiger partial charge is 0.172 e. The Balaban J connectivity index is 1.45. The third kappa shape index (κ3) is 3.32. The van der Waals surface area contributed by atoms with E-state index >= 15 is 0 Å². The van der Waals surface area contributed by atoms with Crippen LogP contribution in [-0.2, 0) is 4.74 Å². The zero-order chi connectivity index (χ0) is 18.9. The number of hydrogen-bond donors (Lipinski definition) is 2. The van der Waals surface area contributed by atoms with E-state index in [0.29, 0.717) is 5.82 Å². The molecule has 1 aliphatic heterocycles. The molecule has 1 saturated heterocycles. The maximum atomic E-state index is 5.43. The van der Waals surface area contributed by atoms with Crippen molar-refractivity contribution in [2.24, 2.45) is 0 Å². The number of rotatable bonds is 4. The van der Waals surface area contributed by atoms with Gasteiger partial charge in [0, 0.05) is 29.3 Å². The molecule has 0 saturated carbocycles. The predicted molar refractivity (Wildman–Crippen MR) is 112 cm³/mol. The van der Waals surface area contributed by atoms with Crippen molar-refractivity contribution in [1.82, 2.24) is 20.2 Å². The molecule has 0 bridgehead atoms. The number of H-pyrrole nitrogens is 1. The first-order chi connectivity index (χ1) is 13.8. The summed E-state index contributed by atoms with van der Waals surface area (Å²) < 4.78 is 5.43. The Hall–Kier alpha value is -2.97. The first-order valence-electron chi connectivity index (χ1n) is 9.24. The van der Waals surface area contributed by atoms with Crippen LogP contribution in [0.15, 0.2) is 42.6 Å². The Bertz CT molecular complexity index is 1100. The lowest BCUT2D eigenvalue weighted by Gasteiger charge is -2.28. The molecule has 3 aromatic heterocycles. The van der Waals surface area contributed by atoms with E-state index in [1.807, 2.05) is 0 Å². The molecule has 7 nitrogen and oxygen atoms in total. The van der Waals surface area contributed by atoms with Gasteiger partial charge in [-0.25, -0.2) is 9.97 Å². The average molecular weight is 392 g/mol. The summed E-state index contributed by atoms with van der Waals surface area (Å²) in [7, 11) is 0. The third-order valence-corrected chi connectivity index (χ3v) is 5.76. The molecule has 0 unspecified atom stereocenters. The van der Waals surface area contributed by atoms with Gasteiger partial charge in [0.1, 0.15) is 11.0 Å². The second-order valence-electron chi connectivity index (χ2n) is 6.71. The van der Waals surface area contributed by atoms with Crippen molar-refractivity contribution in [3.8, 4) is 10.7 Å². The molecule has 1 aliphatic rings. The number of aryl methyl sites for hydroxylation is 1. The highest BCUT2D eigenvalue weighted by Gasteiger charge is 2.14. The quantitative estimate of drug-likeness (QED) is 0.547. The molecule has 0 aliphatic carbocycles. The summed E-state index contributed by atoms with van der Waals surface area (Å²) in [6.45, 7) is 5.50. The van der Waals surface area contributed by atoms with Gasteiger partial charge in [0.15, 0.2) is 11.6 Å². The minimum absolute atomic E-state index is 0.708. The molecule has 8 heteroatoms. The molecule has 4 aromatic rings. The number of thiophene rings is 1. The Morgan fingerprint density at radius 2 is 1.89 bits per heavy atom. The minimum atomic E-state index is 0.708. The van der Waals surface area contributed by atoms with Crippen LogP contribution in [0.4, 0.5) is 17.2 Å². The number of hydrogen-bond acceptors (Lipinski definition) is 7. The van der Waals surface area contributed by atoms with E-state index in [4.69, 9.17) is 9.72 Å². The van der Waals surface area contributed by atoms with Crippen LogP contribution in [0.5, 0.6) is 0 Å². The van der Waals surface area contributed by atoms with Gasteiger partial charge in [0.2, 0.25) is 0 Å². The van der Waals surface area contributed by atoms with Crippen molar-refractivity contribution in [3.05, 3.63) is 47.5 Å². The molecule has 4 heterocycles. The summed E-state index contributed by atoms with van der Waals surface area (Å²) in [6, 6.07) is 12.5. The van der Waals surface area contributed by atoms with E-state index in [0.717, 1.165) is 53.7 Å². The molecule has 0 spiro atoms. The van der Waals surface area contributed by atoms with Crippen LogP contribution in [0.2, 0.25) is 0 Å². The SMILES string of the molecule is Cc1ccc(-c2nc(Nc3ccc(N4CCOCC4)cc3)c3[nH]ncc3n2)s1. The van der Waals surface area contributed by atoms with Crippen molar-refractivity contribution in [2.75, 3.05) is 36.5 Å². The molecule has 1 fully saturated rings. The highest BCUT2D eigenvalue weighted by molar-refractivity contribution is 7.15. The molecule has 0 atom stereocenters. The largest absolute Gasteiger partial charge is 0.378 e. The standard InChI is InChI=1S/C20H20N6OS/c1-13-2-7-17(28-13)19-23-16-12-21-25-18(16)20(24-19)22-14-3-5-15(6-4-14)26-8-10-27-11-9-26/h2-7,12H,8-11H2,1H3,(H,21,25)(H,22,23,24). The Kier molecular flexibility index (Phi) is 4.42. The highest BCUT2D eigenvalue weighted by Crippen LogP contribution is 2.30. The second kappa shape index (κ2) is 7.21. The maximum absolute atomic E-state index is 5.43. The van der Waals surface area contributed by atoms with Gasteiger partial charge in [-0.1, -0.05) is 0 Å². The third-order valence-electron chi connectivity index (χ3n) is 4.77. The summed E-state index contributed by atoms with van der Waals surface area (Å²) in [4.78, 5) is 14.0. The average Bonchev–Trinajstić information content (AvgIpc) is 3.38. The first kappa shape index (κ1) is 17.2. The number of aromatic amines is 1. The lowest BCUT2D eigenvalue weighted by atomic mass is 10.2. The maximum Gasteiger partial charge on any atom is 0.172 e. The normalized spacial score (nSPS) is 14.5. The van der Waals surface area contributed by atoms with E-state index in [1.165, 1.54) is 10.6 Å². The fourth-order valence-electron chi connectivity index (χ4n) is 3.31. The summed E-state index contributed by atoms with van der Waals surface area (Å²) >= 11 is 1.69. The first-order valence-corrected chi connectivity index (χ1v) is 10.1. The predicted octanol–water partition coefficient (Wildman–Crippen LogP) is 3.97. The molecule has 2 N–H and O–H groups in total. The zero-order valence-electron chi connectivity index (χ0n) is 15.5. The molecule has 5 rings (SSSR count). The van der Waals surface area contributed by atoms with E-state index in [2.05, 4.69) is 68.7 Å². The molecule has 0 radical (unpaired) electrons. The fraction of sp³-hybridized carbons (Fsp3) is 0.250. The van der Waals surface area contributed by atoms with Crippen LogP contribution >= 0.6 is 11.3 Å². The van der Waals surface area contributed by atoms with Gasteiger partial charge in [0.25, 0.3) is 0 Å². The van der Waals surface area contributed by atoms with Gasteiger partial charge in [-0.2, -0.15) is 5.10 Å². The number of anilines is 3. The van der Waals surface area contributed by atoms with Crippen molar-refractivity contribution < 1.29 is 4.74 Å². The number of nitrogens with one attached hydrogen (secondary N) is 2. The molecular formula is C20H20N6OS. The van der Waals surface area contributed by atoms with Crippen molar-refractivity contribution in [3.63, 3.8) is 0 Å². The fourth-order valence-corrected chi connectivity index (χ4v) is 4.11. The Morgan fingerprint density at radius 3 is 2.64 bits per heavy atom. The van der Waals surface area contributed by atoms with E-state index in [1.54, 1.807) is 17.5 Å². The van der Waals surface area contributed by atoms with Crippen molar-refractivity contribution in [2.45, 2.75) is 6.92 Å². The number of ether oxygens (including phenoxy) is 1. The molecule has 142 valence electrons. The van der Waals surface area contributed by atoms with Gasteiger partial charge in [-0.05, 0) is 43.3 Å². The van der Waals surface area contributed by atoms with Crippen LogP contribution in [0.25, 0.3) is 21.7 Å². The number of aromatic nitrogens is 4. The Labute approximate surface area is 166 Å². The van der Waals surface area contributed by atoms with Gasteiger partial charge in [0.05, 0.1) is 24.3 Å².